The van der Waals surface area contributed by atoms with Crippen LogP contribution < -0.4 is 10.5 Å². The molecule has 2 aromatic carbocycles. The number of piperidine rings is 1. The topological polar surface area (TPSA) is 38.5 Å². The van der Waals surface area contributed by atoms with E-state index in [-0.39, 0.29) is 6.23 Å². The Balaban J connectivity index is 1.72. The van der Waals surface area contributed by atoms with Gasteiger partial charge < -0.3 is 10.5 Å². The molecule has 0 saturated carbocycles. The quantitative estimate of drug-likeness (QED) is 0.727. The van der Waals surface area contributed by atoms with Crippen molar-refractivity contribution in [1.82, 2.24) is 4.90 Å². The van der Waals surface area contributed by atoms with Crippen LogP contribution in [0.5, 0.6) is 5.75 Å². The van der Waals surface area contributed by atoms with Crippen molar-refractivity contribution in [1.29, 1.82) is 0 Å². The molecular weight excluding hydrogens is 332 g/mol. The van der Waals surface area contributed by atoms with Crippen LogP contribution in [0.15, 0.2) is 48.5 Å². The van der Waals surface area contributed by atoms with E-state index in [0.29, 0.717) is 6.04 Å². The molecule has 1 saturated heterocycles. The first kappa shape index (κ1) is 18.1. The van der Waals surface area contributed by atoms with Crippen LogP contribution in [0.1, 0.15) is 38.2 Å². The molecule has 2 unspecified atom stereocenters. The average molecular weight is 359 g/mol. The third-order valence-electron chi connectivity index (χ3n) is 4.91. The van der Waals surface area contributed by atoms with Gasteiger partial charge in [0.15, 0.2) is 6.23 Å². The van der Waals surface area contributed by atoms with Crippen LogP contribution in [0, 0.1) is 0 Å². The zero-order valence-corrected chi connectivity index (χ0v) is 15.6. The fourth-order valence-corrected chi connectivity index (χ4v) is 3.77. The summed E-state index contributed by atoms with van der Waals surface area (Å²) in [4.78, 5) is 2.53. The summed E-state index contributed by atoms with van der Waals surface area (Å²) < 4.78 is 6.30. The molecule has 0 amide bonds. The number of nitrogens with zero attached hydrogens (tertiary/aromatic N) is 1. The molecule has 2 aromatic rings. The van der Waals surface area contributed by atoms with E-state index in [1.165, 1.54) is 24.8 Å². The minimum absolute atomic E-state index is 0.0828. The lowest BCUT2D eigenvalue weighted by Gasteiger charge is -2.41. The maximum absolute atomic E-state index is 6.30. The molecule has 1 heterocycles. The summed E-state index contributed by atoms with van der Waals surface area (Å²) in [5.41, 5.74) is 7.96. The van der Waals surface area contributed by atoms with Crippen LogP contribution in [-0.4, -0.2) is 23.7 Å². The highest BCUT2D eigenvalue weighted by Crippen LogP contribution is 2.27. The standard InChI is InChI=1S/C21H27ClN2O/c1-2-21(25-20-8-5-6-18(23)15-20)24-13-4-3-7-19(24)14-16-9-11-17(22)12-10-16/h5-6,8-12,15,19,21H,2-4,7,13-14,23H2,1H3. The van der Waals surface area contributed by atoms with Gasteiger partial charge in [-0.25, -0.2) is 0 Å². The zero-order chi connectivity index (χ0) is 17.6. The van der Waals surface area contributed by atoms with Crippen molar-refractivity contribution in [2.75, 3.05) is 12.3 Å². The minimum atomic E-state index is 0.0828. The number of rotatable bonds is 6. The molecule has 0 radical (unpaired) electrons. The van der Waals surface area contributed by atoms with Crippen molar-refractivity contribution >= 4 is 17.3 Å². The van der Waals surface area contributed by atoms with Crippen molar-refractivity contribution in [3.8, 4) is 5.75 Å². The lowest BCUT2D eigenvalue weighted by atomic mass is 9.95. The van der Waals surface area contributed by atoms with Gasteiger partial charge in [-0.15, -0.1) is 0 Å². The maximum Gasteiger partial charge on any atom is 0.152 e. The van der Waals surface area contributed by atoms with Gasteiger partial charge in [0.25, 0.3) is 0 Å². The summed E-state index contributed by atoms with van der Waals surface area (Å²) in [6.45, 7) is 3.27. The van der Waals surface area contributed by atoms with E-state index in [4.69, 9.17) is 22.1 Å². The van der Waals surface area contributed by atoms with Crippen molar-refractivity contribution in [2.24, 2.45) is 0 Å². The van der Waals surface area contributed by atoms with E-state index in [0.717, 1.165) is 35.8 Å². The monoisotopic (exact) mass is 358 g/mol. The molecule has 3 rings (SSSR count). The van der Waals surface area contributed by atoms with Gasteiger partial charge in [-0.05, 0) is 55.5 Å². The maximum atomic E-state index is 6.30. The molecule has 0 aromatic heterocycles. The first-order valence-corrected chi connectivity index (χ1v) is 9.56. The summed E-state index contributed by atoms with van der Waals surface area (Å²) in [6.07, 6.45) is 5.79. The Morgan fingerprint density at radius 1 is 1.20 bits per heavy atom. The molecular formula is C21H27ClN2O. The number of halogens is 1. The highest BCUT2D eigenvalue weighted by Gasteiger charge is 2.29. The molecule has 4 heteroatoms. The second kappa shape index (κ2) is 8.59. The molecule has 134 valence electrons. The predicted octanol–water partition coefficient (Wildman–Crippen LogP) is 5.13. The number of benzene rings is 2. The molecule has 0 spiro atoms. The smallest absolute Gasteiger partial charge is 0.152 e. The number of nitrogens with two attached hydrogens (primary N) is 1. The molecule has 3 nitrogen and oxygen atoms in total. The highest BCUT2D eigenvalue weighted by atomic mass is 35.5. The lowest BCUT2D eigenvalue weighted by Crippen LogP contribution is -2.49. The van der Waals surface area contributed by atoms with Crippen LogP contribution >= 0.6 is 11.6 Å². The van der Waals surface area contributed by atoms with Gasteiger partial charge in [0.2, 0.25) is 0 Å². The first-order valence-electron chi connectivity index (χ1n) is 9.18. The molecule has 2 N–H and O–H groups in total. The van der Waals surface area contributed by atoms with Gasteiger partial charge in [-0.2, -0.15) is 0 Å². The summed E-state index contributed by atoms with van der Waals surface area (Å²) in [5.74, 6) is 0.850. The summed E-state index contributed by atoms with van der Waals surface area (Å²) >= 11 is 6.02. The Morgan fingerprint density at radius 2 is 2.00 bits per heavy atom. The first-order chi connectivity index (χ1) is 12.2. The van der Waals surface area contributed by atoms with Gasteiger partial charge in [0.1, 0.15) is 5.75 Å². The minimum Gasteiger partial charge on any atom is -0.475 e. The van der Waals surface area contributed by atoms with Gasteiger partial charge >= 0.3 is 0 Å². The zero-order valence-electron chi connectivity index (χ0n) is 14.8. The summed E-state index contributed by atoms with van der Waals surface area (Å²) in [7, 11) is 0. The van der Waals surface area contributed by atoms with Gasteiger partial charge in [0.05, 0.1) is 0 Å². The lowest BCUT2D eigenvalue weighted by molar-refractivity contribution is -0.0248. The van der Waals surface area contributed by atoms with Gasteiger partial charge in [-0.3, -0.25) is 4.90 Å². The van der Waals surface area contributed by atoms with Crippen molar-refractivity contribution in [2.45, 2.75) is 51.3 Å². The third kappa shape index (κ3) is 4.90. The largest absolute Gasteiger partial charge is 0.475 e. The third-order valence-corrected chi connectivity index (χ3v) is 5.16. The van der Waals surface area contributed by atoms with Crippen molar-refractivity contribution < 1.29 is 4.74 Å². The van der Waals surface area contributed by atoms with Crippen molar-refractivity contribution in [3.63, 3.8) is 0 Å². The number of nitrogen functional groups attached to an aromatic ring is 1. The summed E-state index contributed by atoms with van der Waals surface area (Å²) in [5, 5.41) is 0.792. The van der Waals surface area contributed by atoms with Crippen LogP contribution in [0.3, 0.4) is 0 Å². The molecule has 2 atom stereocenters. The number of likely N-dealkylation sites (tertiary alicyclic amines) is 1. The van der Waals surface area contributed by atoms with E-state index >= 15 is 0 Å². The Hall–Kier alpha value is -1.71. The van der Waals surface area contributed by atoms with Gasteiger partial charge in [-0.1, -0.05) is 43.1 Å². The molecule has 1 aliphatic heterocycles. The van der Waals surface area contributed by atoms with E-state index < -0.39 is 0 Å². The molecule has 25 heavy (non-hydrogen) atoms. The van der Waals surface area contributed by atoms with Crippen LogP contribution in [0.25, 0.3) is 0 Å². The molecule has 1 fully saturated rings. The number of anilines is 1. The van der Waals surface area contributed by atoms with E-state index in [9.17, 15) is 0 Å². The SMILES string of the molecule is CCC(Oc1cccc(N)c1)N1CCCCC1Cc1ccc(Cl)cc1. The normalized spacial score (nSPS) is 19.5. The molecule has 1 aliphatic rings. The second-order valence-electron chi connectivity index (χ2n) is 6.77. The number of hydrogen-bond donors (Lipinski definition) is 1. The van der Waals surface area contributed by atoms with E-state index in [1.807, 2.05) is 36.4 Å². The fraction of sp³-hybridized carbons (Fsp3) is 0.429. The average Bonchev–Trinajstić information content (AvgIpc) is 2.62. The molecule has 0 bridgehead atoms. The fourth-order valence-electron chi connectivity index (χ4n) is 3.64. The Morgan fingerprint density at radius 3 is 2.72 bits per heavy atom. The molecule has 0 aliphatic carbocycles. The highest BCUT2D eigenvalue weighted by molar-refractivity contribution is 6.30. The van der Waals surface area contributed by atoms with E-state index in [2.05, 4.69) is 24.0 Å². The number of hydrogen-bond acceptors (Lipinski definition) is 3. The van der Waals surface area contributed by atoms with Crippen molar-refractivity contribution in [3.05, 3.63) is 59.1 Å². The van der Waals surface area contributed by atoms with Gasteiger partial charge in [0, 0.05) is 29.4 Å². The summed E-state index contributed by atoms with van der Waals surface area (Å²) in [6, 6.07) is 16.4. The van der Waals surface area contributed by atoms with E-state index in [1.54, 1.807) is 0 Å². The Kier molecular flexibility index (Phi) is 6.22. The number of ether oxygens (including phenoxy) is 1. The van der Waals surface area contributed by atoms with Crippen LogP contribution in [-0.2, 0) is 6.42 Å². The predicted molar refractivity (Wildman–Crippen MR) is 105 cm³/mol. The van der Waals surface area contributed by atoms with Crippen LogP contribution in [0.4, 0.5) is 5.69 Å². The van der Waals surface area contributed by atoms with Crippen LogP contribution in [0.2, 0.25) is 5.02 Å². The second-order valence-corrected chi connectivity index (χ2v) is 7.21. The Labute approximate surface area is 155 Å². The Bertz CT molecular complexity index is 674.